The van der Waals surface area contributed by atoms with E-state index in [1.165, 1.54) is 0 Å². The van der Waals surface area contributed by atoms with Crippen molar-refractivity contribution in [1.29, 1.82) is 0 Å². The first-order valence-corrected chi connectivity index (χ1v) is 10.7. The van der Waals surface area contributed by atoms with E-state index >= 15 is 0 Å². The summed E-state index contributed by atoms with van der Waals surface area (Å²) < 4.78 is 12.7. The highest BCUT2D eigenvalue weighted by Gasteiger charge is 2.21. The number of hydrogen-bond acceptors (Lipinski definition) is 4. The van der Waals surface area contributed by atoms with Gasteiger partial charge < -0.3 is 14.5 Å². The zero-order valence-corrected chi connectivity index (χ0v) is 18.7. The van der Waals surface area contributed by atoms with Gasteiger partial charge in [0.15, 0.2) is 0 Å². The number of nitrogens with zero attached hydrogens (tertiary/aromatic N) is 2. The largest absolute Gasteiger partial charge is 0.467 e. The molecule has 0 saturated heterocycles. The molecular weight excluding hydrogens is 426 g/mol. The van der Waals surface area contributed by atoms with Crippen LogP contribution >= 0.6 is 11.6 Å². The fraction of sp³-hybridized carbons (Fsp3) is 0.200. The molecule has 0 bridgehead atoms. The number of carbonyl (C=O) groups is 1. The molecule has 0 aliphatic carbocycles. The average Bonchev–Trinajstić information content (AvgIpc) is 3.44. The fourth-order valence-corrected chi connectivity index (χ4v) is 3.69. The lowest BCUT2D eigenvalue weighted by Gasteiger charge is -2.13. The standard InChI is InChI=1S/C25H24ClN3O3/c1-17(2)24-23(14-27-29(24)21-9-4-7-19(26)13-21)25(30)28-20-8-3-6-18(12-20)15-31-16-22-10-5-11-32-22/h3-14,17H,15-16H2,1-2H3,(H,28,30). The topological polar surface area (TPSA) is 69.3 Å². The van der Waals surface area contributed by atoms with Gasteiger partial charge in [-0.15, -0.1) is 0 Å². The van der Waals surface area contributed by atoms with Crippen molar-refractivity contribution in [3.8, 4) is 5.69 Å². The minimum absolute atomic E-state index is 0.0820. The Kier molecular flexibility index (Phi) is 6.73. The van der Waals surface area contributed by atoms with E-state index < -0.39 is 0 Å². The first-order valence-electron chi connectivity index (χ1n) is 10.4. The van der Waals surface area contributed by atoms with Crippen LogP contribution in [0, 0.1) is 0 Å². The van der Waals surface area contributed by atoms with E-state index in [1.807, 2.05) is 74.5 Å². The summed E-state index contributed by atoms with van der Waals surface area (Å²) in [4.78, 5) is 13.1. The molecule has 0 atom stereocenters. The number of halogens is 1. The first kappa shape index (κ1) is 21.9. The van der Waals surface area contributed by atoms with Gasteiger partial charge in [0.25, 0.3) is 5.91 Å². The lowest BCUT2D eigenvalue weighted by molar-refractivity contribution is 0.0929. The van der Waals surface area contributed by atoms with Crippen molar-refractivity contribution >= 4 is 23.2 Å². The Morgan fingerprint density at radius 1 is 1.12 bits per heavy atom. The third-order valence-electron chi connectivity index (χ3n) is 4.93. The molecule has 0 aliphatic heterocycles. The van der Waals surface area contributed by atoms with Crippen LogP contribution in [0.1, 0.15) is 47.1 Å². The van der Waals surface area contributed by atoms with E-state index in [9.17, 15) is 4.79 Å². The number of furan rings is 1. The summed E-state index contributed by atoms with van der Waals surface area (Å²) in [6.07, 6.45) is 3.22. The minimum Gasteiger partial charge on any atom is -0.467 e. The van der Waals surface area contributed by atoms with Crippen LogP contribution in [0.15, 0.2) is 77.5 Å². The highest BCUT2D eigenvalue weighted by Crippen LogP contribution is 2.25. The normalized spacial score (nSPS) is 11.1. The van der Waals surface area contributed by atoms with Crippen molar-refractivity contribution in [2.24, 2.45) is 0 Å². The molecule has 0 radical (unpaired) electrons. The van der Waals surface area contributed by atoms with Crippen LogP contribution in [-0.4, -0.2) is 15.7 Å². The number of amides is 1. The van der Waals surface area contributed by atoms with Crippen molar-refractivity contribution in [2.45, 2.75) is 33.0 Å². The number of ether oxygens (including phenoxy) is 1. The van der Waals surface area contributed by atoms with Crippen LogP contribution in [0.2, 0.25) is 5.02 Å². The summed E-state index contributed by atoms with van der Waals surface area (Å²) in [6, 6.07) is 18.7. The number of hydrogen-bond donors (Lipinski definition) is 1. The Balaban J connectivity index is 1.49. The summed E-state index contributed by atoms with van der Waals surface area (Å²) >= 11 is 6.15. The van der Waals surface area contributed by atoms with Gasteiger partial charge in [-0.25, -0.2) is 4.68 Å². The smallest absolute Gasteiger partial charge is 0.259 e. The summed E-state index contributed by atoms with van der Waals surface area (Å²) in [5.41, 5.74) is 3.81. The second-order valence-corrected chi connectivity index (χ2v) is 8.15. The van der Waals surface area contributed by atoms with E-state index in [2.05, 4.69) is 10.4 Å². The summed E-state index contributed by atoms with van der Waals surface area (Å²) in [6.45, 7) is 4.87. The van der Waals surface area contributed by atoms with E-state index in [-0.39, 0.29) is 11.8 Å². The van der Waals surface area contributed by atoms with Crippen LogP contribution < -0.4 is 5.32 Å². The molecule has 164 valence electrons. The maximum absolute atomic E-state index is 13.1. The van der Waals surface area contributed by atoms with Crippen molar-refractivity contribution in [2.75, 3.05) is 5.32 Å². The predicted molar refractivity (Wildman–Crippen MR) is 124 cm³/mol. The fourth-order valence-electron chi connectivity index (χ4n) is 3.50. The van der Waals surface area contributed by atoms with Gasteiger partial charge in [-0.3, -0.25) is 4.79 Å². The highest BCUT2D eigenvalue weighted by atomic mass is 35.5. The molecule has 0 spiro atoms. The highest BCUT2D eigenvalue weighted by molar-refractivity contribution is 6.30. The molecule has 2 heterocycles. The van der Waals surface area contributed by atoms with Crippen molar-refractivity contribution < 1.29 is 13.9 Å². The van der Waals surface area contributed by atoms with Crippen LogP contribution in [0.5, 0.6) is 0 Å². The molecule has 0 fully saturated rings. The molecule has 6 nitrogen and oxygen atoms in total. The molecular formula is C25H24ClN3O3. The summed E-state index contributed by atoms with van der Waals surface area (Å²) in [5, 5.41) is 8.06. The monoisotopic (exact) mass is 449 g/mol. The number of anilines is 1. The Bertz CT molecular complexity index is 1200. The molecule has 4 rings (SSSR count). The third kappa shape index (κ3) is 5.10. The molecule has 2 aromatic carbocycles. The Hall–Kier alpha value is -3.35. The van der Waals surface area contributed by atoms with Crippen molar-refractivity contribution in [1.82, 2.24) is 9.78 Å². The van der Waals surface area contributed by atoms with Gasteiger partial charge in [0.05, 0.1) is 36.0 Å². The molecule has 0 saturated carbocycles. The number of nitrogens with one attached hydrogen (secondary N) is 1. The maximum Gasteiger partial charge on any atom is 0.259 e. The molecule has 4 aromatic rings. The number of carbonyl (C=O) groups excluding carboxylic acids is 1. The van der Waals surface area contributed by atoms with Gasteiger partial charge in [-0.05, 0) is 53.9 Å². The zero-order chi connectivity index (χ0) is 22.5. The first-order chi connectivity index (χ1) is 15.5. The van der Waals surface area contributed by atoms with Gasteiger partial charge >= 0.3 is 0 Å². The average molecular weight is 450 g/mol. The van der Waals surface area contributed by atoms with Crippen molar-refractivity contribution in [3.05, 3.63) is 101 Å². The van der Waals surface area contributed by atoms with Crippen molar-refractivity contribution in [3.63, 3.8) is 0 Å². The Morgan fingerprint density at radius 2 is 1.97 bits per heavy atom. The van der Waals surface area contributed by atoms with Gasteiger partial charge in [0.2, 0.25) is 0 Å². The third-order valence-corrected chi connectivity index (χ3v) is 5.16. The molecule has 0 aliphatic rings. The molecule has 0 unspecified atom stereocenters. The minimum atomic E-state index is -0.212. The Morgan fingerprint density at radius 3 is 2.72 bits per heavy atom. The lowest BCUT2D eigenvalue weighted by atomic mass is 10.0. The van der Waals surface area contributed by atoms with Crippen LogP contribution in [-0.2, 0) is 18.0 Å². The SMILES string of the molecule is CC(C)c1c(C(=O)Nc2cccc(COCc3ccco3)c2)cnn1-c1cccc(Cl)c1. The predicted octanol–water partition coefficient (Wildman–Crippen LogP) is 6.21. The van der Waals surface area contributed by atoms with Crippen LogP contribution in [0.4, 0.5) is 5.69 Å². The van der Waals surface area contributed by atoms with E-state index in [0.29, 0.717) is 29.5 Å². The van der Waals surface area contributed by atoms with E-state index in [0.717, 1.165) is 22.7 Å². The second kappa shape index (κ2) is 9.85. The lowest BCUT2D eigenvalue weighted by Crippen LogP contribution is -2.15. The molecule has 32 heavy (non-hydrogen) atoms. The molecule has 2 aromatic heterocycles. The zero-order valence-electron chi connectivity index (χ0n) is 17.9. The van der Waals surface area contributed by atoms with Gasteiger partial charge in [-0.2, -0.15) is 5.10 Å². The Labute approximate surface area is 191 Å². The molecule has 1 amide bonds. The van der Waals surface area contributed by atoms with Gasteiger partial charge in [0, 0.05) is 10.7 Å². The summed E-state index contributed by atoms with van der Waals surface area (Å²) in [5.74, 6) is 0.640. The summed E-state index contributed by atoms with van der Waals surface area (Å²) in [7, 11) is 0. The second-order valence-electron chi connectivity index (χ2n) is 7.72. The number of aromatic nitrogens is 2. The quantitative estimate of drug-likeness (QED) is 0.347. The molecule has 1 N–H and O–H groups in total. The van der Waals surface area contributed by atoms with Crippen LogP contribution in [0.25, 0.3) is 5.69 Å². The number of rotatable bonds is 8. The maximum atomic E-state index is 13.1. The van der Waals surface area contributed by atoms with Crippen LogP contribution in [0.3, 0.4) is 0 Å². The van der Waals surface area contributed by atoms with Gasteiger partial charge in [0.1, 0.15) is 12.4 Å². The molecule has 7 heteroatoms. The van der Waals surface area contributed by atoms with Gasteiger partial charge in [-0.1, -0.05) is 43.6 Å². The number of benzene rings is 2. The van der Waals surface area contributed by atoms with E-state index in [4.69, 9.17) is 20.8 Å². The van der Waals surface area contributed by atoms with E-state index in [1.54, 1.807) is 17.1 Å².